The van der Waals surface area contributed by atoms with Crippen molar-refractivity contribution in [2.24, 2.45) is 0 Å². The van der Waals surface area contributed by atoms with Crippen LogP contribution in [0.1, 0.15) is 48.3 Å². The molecule has 1 saturated carbocycles. The standard InChI is InChI=1S/C20H18F4/c21-17-9-5-14(6-10-17)13-1-3-15(4-2-13)19(23)20(24)16-7-11-18(22)12-8-16/h1-4,7-8,11-12,14,17H,5-6,9-10H2/b20-19+. The Kier molecular flexibility index (Phi) is 5.03. The first-order valence-corrected chi connectivity index (χ1v) is 8.10. The number of alkyl halides is 1. The van der Waals surface area contributed by atoms with E-state index in [4.69, 9.17) is 0 Å². The highest BCUT2D eigenvalue weighted by Crippen LogP contribution is 2.35. The zero-order chi connectivity index (χ0) is 17.1. The lowest BCUT2D eigenvalue weighted by molar-refractivity contribution is 0.235. The summed E-state index contributed by atoms with van der Waals surface area (Å²) in [5.41, 5.74) is 1.17. The molecule has 2 aromatic rings. The lowest BCUT2D eigenvalue weighted by atomic mass is 9.83. The van der Waals surface area contributed by atoms with Crippen LogP contribution < -0.4 is 0 Å². The molecule has 0 heterocycles. The Balaban J connectivity index is 1.79. The van der Waals surface area contributed by atoms with E-state index in [0.717, 1.165) is 30.5 Å². The van der Waals surface area contributed by atoms with Crippen molar-refractivity contribution >= 4 is 11.7 Å². The van der Waals surface area contributed by atoms with Crippen molar-refractivity contribution in [1.82, 2.24) is 0 Å². The van der Waals surface area contributed by atoms with Crippen molar-refractivity contribution in [3.8, 4) is 0 Å². The SMILES string of the molecule is F/C(=C(/F)c1ccc(C2CCC(F)CC2)cc1)c1ccc(F)cc1. The zero-order valence-electron chi connectivity index (χ0n) is 13.1. The molecular formula is C20H18F4. The molecule has 0 N–H and O–H groups in total. The lowest BCUT2D eigenvalue weighted by Gasteiger charge is -2.24. The Hall–Kier alpha value is -2.10. The maximum Gasteiger partial charge on any atom is 0.166 e. The van der Waals surface area contributed by atoms with Crippen LogP contribution in [-0.4, -0.2) is 6.17 Å². The molecule has 0 amide bonds. The molecule has 2 aromatic carbocycles. The van der Waals surface area contributed by atoms with Gasteiger partial charge in [-0.25, -0.2) is 17.6 Å². The second kappa shape index (κ2) is 7.20. The predicted molar refractivity (Wildman–Crippen MR) is 88.0 cm³/mol. The Labute approximate surface area is 138 Å². The summed E-state index contributed by atoms with van der Waals surface area (Å²) in [5, 5.41) is 0. The Morgan fingerprint density at radius 1 is 0.708 bits per heavy atom. The largest absolute Gasteiger partial charge is 0.247 e. The van der Waals surface area contributed by atoms with Crippen LogP contribution in [0.15, 0.2) is 48.5 Å². The fourth-order valence-electron chi connectivity index (χ4n) is 3.14. The van der Waals surface area contributed by atoms with Gasteiger partial charge in [-0.15, -0.1) is 0 Å². The Morgan fingerprint density at radius 3 is 1.67 bits per heavy atom. The molecule has 0 aliphatic heterocycles. The molecule has 0 unspecified atom stereocenters. The lowest BCUT2D eigenvalue weighted by Crippen LogP contribution is -2.13. The number of hydrogen-bond acceptors (Lipinski definition) is 0. The minimum Gasteiger partial charge on any atom is -0.247 e. The van der Waals surface area contributed by atoms with Crippen LogP contribution in [0.3, 0.4) is 0 Å². The summed E-state index contributed by atoms with van der Waals surface area (Å²) >= 11 is 0. The molecule has 24 heavy (non-hydrogen) atoms. The fraction of sp³-hybridized carbons (Fsp3) is 0.300. The maximum atomic E-state index is 14.3. The topological polar surface area (TPSA) is 0 Å². The van der Waals surface area contributed by atoms with Gasteiger partial charge in [0.2, 0.25) is 0 Å². The normalized spacial score (nSPS) is 22.2. The van der Waals surface area contributed by atoms with Crippen LogP contribution in [0.5, 0.6) is 0 Å². The first-order chi connectivity index (χ1) is 11.5. The molecule has 4 heteroatoms. The summed E-state index contributed by atoms with van der Waals surface area (Å²) in [6, 6.07) is 11.2. The number of halogens is 4. The monoisotopic (exact) mass is 334 g/mol. The minimum atomic E-state index is -1.01. The average Bonchev–Trinajstić information content (AvgIpc) is 2.62. The highest BCUT2D eigenvalue weighted by Gasteiger charge is 2.22. The highest BCUT2D eigenvalue weighted by molar-refractivity contribution is 5.83. The van der Waals surface area contributed by atoms with Crippen LogP contribution in [0.4, 0.5) is 17.6 Å². The molecule has 0 saturated heterocycles. The number of benzene rings is 2. The van der Waals surface area contributed by atoms with Gasteiger partial charge in [0.05, 0.1) is 0 Å². The first-order valence-electron chi connectivity index (χ1n) is 8.10. The van der Waals surface area contributed by atoms with Crippen LogP contribution in [0.25, 0.3) is 11.7 Å². The van der Waals surface area contributed by atoms with E-state index in [-0.39, 0.29) is 17.0 Å². The highest BCUT2D eigenvalue weighted by atomic mass is 19.2. The smallest absolute Gasteiger partial charge is 0.166 e. The van der Waals surface area contributed by atoms with E-state index in [0.29, 0.717) is 12.8 Å². The van der Waals surface area contributed by atoms with Gasteiger partial charge < -0.3 is 0 Å². The molecule has 1 aliphatic carbocycles. The molecular weight excluding hydrogens is 316 g/mol. The molecule has 3 rings (SSSR count). The molecule has 0 aromatic heterocycles. The summed E-state index contributed by atoms with van der Waals surface area (Å²) in [4.78, 5) is 0. The number of hydrogen-bond donors (Lipinski definition) is 0. The second-order valence-electron chi connectivity index (χ2n) is 6.21. The molecule has 0 nitrogen and oxygen atoms in total. The van der Waals surface area contributed by atoms with E-state index in [1.54, 1.807) is 12.1 Å². The van der Waals surface area contributed by atoms with Crippen LogP contribution in [0.2, 0.25) is 0 Å². The molecule has 0 bridgehead atoms. The Morgan fingerprint density at radius 2 is 1.17 bits per heavy atom. The predicted octanol–water partition coefficient (Wildman–Crippen LogP) is 6.59. The number of rotatable bonds is 3. The van der Waals surface area contributed by atoms with E-state index >= 15 is 0 Å². The van der Waals surface area contributed by atoms with Crippen molar-refractivity contribution in [3.05, 3.63) is 71.0 Å². The fourth-order valence-corrected chi connectivity index (χ4v) is 3.14. The molecule has 1 aliphatic rings. The zero-order valence-corrected chi connectivity index (χ0v) is 13.1. The minimum absolute atomic E-state index is 0.000699. The Bertz CT molecular complexity index is 708. The summed E-state index contributed by atoms with van der Waals surface area (Å²) in [5.74, 6) is -2.21. The van der Waals surface area contributed by atoms with Crippen molar-refractivity contribution < 1.29 is 17.6 Å². The average molecular weight is 334 g/mol. The van der Waals surface area contributed by atoms with E-state index in [9.17, 15) is 17.6 Å². The summed E-state index contributed by atoms with van der Waals surface area (Å²) < 4.78 is 54.5. The van der Waals surface area contributed by atoms with Gasteiger partial charge in [0.25, 0.3) is 0 Å². The van der Waals surface area contributed by atoms with Gasteiger partial charge in [-0.2, -0.15) is 0 Å². The van der Waals surface area contributed by atoms with Gasteiger partial charge in [0.15, 0.2) is 11.7 Å². The third-order valence-electron chi connectivity index (χ3n) is 4.58. The van der Waals surface area contributed by atoms with E-state index < -0.39 is 23.6 Å². The van der Waals surface area contributed by atoms with Gasteiger partial charge >= 0.3 is 0 Å². The summed E-state index contributed by atoms with van der Waals surface area (Å²) in [6.45, 7) is 0. The third-order valence-corrected chi connectivity index (χ3v) is 4.58. The van der Waals surface area contributed by atoms with Crippen LogP contribution >= 0.6 is 0 Å². The third kappa shape index (κ3) is 3.69. The summed E-state index contributed by atoms with van der Waals surface area (Å²) in [6.07, 6.45) is 1.95. The van der Waals surface area contributed by atoms with Crippen molar-refractivity contribution in [1.29, 1.82) is 0 Å². The molecule has 0 spiro atoms. The molecule has 0 radical (unpaired) electrons. The van der Waals surface area contributed by atoms with Gasteiger partial charge in [-0.3, -0.25) is 0 Å². The van der Waals surface area contributed by atoms with E-state index in [2.05, 4.69) is 0 Å². The van der Waals surface area contributed by atoms with Gasteiger partial charge in [0.1, 0.15) is 12.0 Å². The van der Waals surface area contributed by atoms with Crippen molar-refractivity contribution in [2.45, 2.75) is 37.8 Å². The molecule has 126 valence electrons. The van der Waals surface area contributed by atoms with Crippen LogP contribution in [0, 0.1) is 5.82 Å². The van der Waals surface area contributed by atoms with Crippen molar-refractivity contribution in [3.63, 3.8) is 0 Å². The van der Waals surface area contributed by atoms with Gasteiger partial charge in [-0.05, 0) is 61.4 Å². The van der Waals surface area contributed by atoms with Gasteiger partial charge in [0, 0.05) is 11.1 Å². The van der Waals surface area contributed by atoms with Crippen molar-refractivity contribution in [2.75, 3.05) is 0 Å². The second-order valence-corrected chi connectivity index (χ2v) is 6.21. The first kappa shape index (κ1) is 16.7. The summed E-state index contributed by atoms with van der Waals surface area (Å²) in [7, 11) is 0. The molecule has 1 fully saturated rings. The maximum absolute atomic E-state index is 14.3. The van der Waals surface area contributed by atoms with E-state index in [1.165, 1.54) is 24.3 Å². The molecule has 0 atom stereocenters. The van der Waals surface area contributed by atoms with Gasteiger partial charge in [-0.1, -0.05) is 24.3 Å². The quantitative estimate of drug-likeness (QED) is 0.439. The van der Waals surface area contributed by atoms with E-state index in [1.807, 2.05) is 0 Å². The van der Waals surface area contributed by atoms with Crippen LogP contribution in [-0.2, 0) is 0 Å².